The van der Waals surface area contributed by atoms with Crippen LogP contribution in [0.5, 0.6) is 0 Å². The quantitative estimate of drug-likeness (QED) is 0.201. The third kappa shape index (κ3) is 7.33. The van der Waals surface area contributed by atoms with E-state index in [1.807, 2.05) is 19.0 Å². The molecule has 108 valence electrons. The average molecular weight is 270 g/mol. The summed E-state index contributed by atoms with van der Waals surface area (Å²) in [5.41, 5.74) is 5.02. The van der Waals surface area contributed by atoms with Gasteiger partial charge in [0.25, 0.3) is 0 Å². The molecule has 4 N–H and O–H groups in total. The van der Waals surface area contributed by atoms with E-state index in [0.29, 0.717) is 6.54 Å². The Balaban J connectivity index is 3.93. The van der Waals surface area contributed by atoms with Crippen LogP contribution in [-0.2, 0) is 0 Å². The Morgan fingerprint density at radius 2 is 2.00 bits per heavy atom. The van der Waals surface area contributed by atoms with E-state index >= 15 is 0 Å². The summed E-state index contributed by atoms with van der Waals surface area (Å²) in [5, 5.41) is 13.4. The molecule has 1 atom stereocenters. The zero-order valence-corrected chi connectivity index (χ0v) is 10.7. The minimum Gasteiger partial charge on any atom is -0.409 e. The fourth-order valence-corrected chi connectivity index (χ4v) is 1.38. The van der Waals surface area contributed by atoms with E-state index in [1.165, 1.54) is 0 Å². The van der Waals surface area contributed by atoms with Gasteiger partial charge in [0.05, 0.1) is 0 Å². The third-order valence-corrected chi connectivity index (χ3v) is 2.42. The van der Waals surface area contributed by atoms with Crippen molar-refractivity contribution in [1.82, 2.24) is 10.2 Å². The zero-order chi connectivity index (χ0) is 14.2. The van der Waals surface area contributed by atoms with Crippen molar-refractivity contribution in [1.29, 1.82) is 0 Å². The van der Waals surface area contributed by atoms with Crippen LogP contribution in [0, 0.1) is 5.92 Å². The first-order valence-corrected chi connectivity index (χ1v) is 5.68. The fraction of sp³-hybridized carbons (Fsp3) is 0.900. The van der Waals surface area contributed by atoms with Crippen LogP contribution in [0.4, 0.5) is 13.2 Å². The number of unbranched alkanes of at least 4 members (excludes halogenated alkanes) is 1. The van der Waals surface area contributed by atoms with Crippen LogP contribution in [0.2, 0.25) is 0 Å². The summed E-state index contributed by atoms with van der Waals surface area (Å²) >= 11 is 0. The first-order chi connectivity index (χ1) is 8.29. The number of nitrogens with zero attached hydrogens (tertiary/aromatic N) is 2. The summed E-state index contributed by atoms with van der Waals surface area (Å²) in [5.74, 6) is -2.76. The molecular formula is C10H21F3N4O. The summed E-state index contributed by atoms with van der Waals surface area (Å²) in [7, 11) is 3.87. The minimum absolute atomic E-state index is 0.374. The lowest BCUT2D eigenvalue weighted by molar-refractivity contribution is -0.154. The van der Waals surface area contributed by atoms with Gasteiger partial charge in [-0.25, -0.2) is 0 Å². The van der Waals surface area contributed by atoms with E-state index in [-0.39, 0.29) is 6.54 Å². The van der Waals surface area contributed by atoms with E-state index in [2.05, 4.69) is 10.5 Å². The molecule has 0 radical (unpaired) electrons. The van der Waals surface area contributed by atoms with Crippen molar-refractivity contribution in [2.45, 2.75) is 19.0 Å². The second kappa shape index (κ2) is 8.15. The standard InChI is InChI=1S/C10H21F3N4O/c1-17(2)6-4-3-5-15-7-8(9(14)16-18)10(11,12)13/h8,15,18H,3-7H2,1-2H3,(H2,14,16). The molecule has 0 amide bonds. The highest BCUT2D eigenvalue weighted by molar-refractivity contribution is 5.83. The summed E-state index contributed by atoms with van der Waals surface area (Å²) in [6.45, 7) is 0.991. The van der Waals surface area contributed by atoms with Gasteiger partial charge in [0.15, 0.2) is 5.84 Å². The number of nitrogens with one attached hydrogen (secondary N) is 1. The fourth-order valence-electron chi connectivity index (χ4n) is 1.38. The van der Waals surface area contributed by atoms with Crippen LogP contribution in [0.25, 0.3) is 0 Å². The number of amidine groups is 1. The average Bonchev–Trinajstić information content (AvgIpc) is 2.25. The highest BCUT2D eigenvalue weighted by Crippen LogP contribution is 2.25. The molecule has 0 heterocycles. The smallest absolute Gasteiger partial charge is 0.400 e. The molecule has 0 aliphatic rings. The lowest BCUT2D eigenvalue weighted by Crippen LogP contribution is -2.43. The Bertz CT molecular complexity index is 256. The topological polar surface area (TPSA) is 73.9 Å². The molecule has 0 bridgehead atoms. The Kier molecular flexibility index (Phi) is 7.69. The van der Waals surface area contributed by atoms with Crippen LogP contribution in [0.15, 0.2) is 5.16 Å². The van der Waals surface area contributed by atoms with E-state index in [1.54, 1.807) is 0 Å². The summed E-state index contributed by atoms with van der Waals surface area (Å²) in [4.78, 5) is 2.01. The van der Waals surface area contributed by atoms with Gasteiger partial charge in [-0.15, -0.1) is 0 Å². The van der Waals surface area contributed by atoms with Crippen molar-refractivity contribution in [3.05, 3.63) is 0 Å². The van der Waals surface area contributed by atoms with Gasteiger partial charge in [-0.2, -0.15) is 13.2 Å². The van der Waals surface area contributed by atoms with Crippen molar-refractivity contribution < 1.29 is 18.4 Å². The van der Waals surface area contributed by atoms with E-state index in [4.69, 9.17) is 10.9 Å². The molecule has 0 aliphatic heterocycles. The van der Waals surface area contributed by atoms with Gasteiger partial charge < -0.3 is 21.2 Å². The van der Waals surface area contributed by atoms with Gasteiger partial charge in [0.1, 0.15) is 5.92 Å². The monoisotopic (exact) mass is 270 g/mol. The maximum absolute atomic E-state index is 12.5. The van der Waals surface area contributed by atoms with E-state index in [9.17, 15) is 13.2 Å². The lowest BCUT2D eigenvalue weighted by Gasteiger charge is -2.19. The number of oxime groups is 1. The molecule has 0 saturated heterocycles. The van der Waals surface area contributed by atoms with Crippen LogP contribution in [0.1, 0.15) is 12.8 Å². The molecule has 0 aromatic rings. The predicted octanol–water partition coefficient (Wildman–Crippen LogP) is 0.843. The number of hydrogen-bond donors (Lipinski definition) is 3. The Hall–Kier alpha value is -1.02. The molecular weight excluding hydrogens is 249 g/mol. The van der Waals surface area contributed by atoms with Crippen LogP contribution < -0.4 is 11.1 Å². The number of hydrogen-bond acceptors (Lipinski definition) is 4. The van der Waals surface area contributed by atoms with Gasteiger partial charge in [0, 0.05) is 6.54 Å². The van der Waals surface area contributed by atoms with Crippen molar-refractivity contribution in [3.63, 3.8) is 0 Å². The molecule has 0 saturated carbocycles. The van der Waals surface area contributed by atoms with Gasteiger partial charge in [0.2, 0.25) is 0 Å². The minimum atomic E-state index is -4.51. The molecule has 8 heteroatoms. The normalized spacial score (nSPS) is 15.1. The maximum Gasteiger partial charge on any atom is 0.400 e. The van der Waals surface area contributed by atoms with Gasteiger partial charge in [-0.3, -0.25) is 0 Å². The maximum atomic E-state index is 12.5. The molecule has 0 aromatic carbocycles. The molecule has 5 nitrogen and oxygen atoms in total. The van der Waals surface area contributed by atoms with E-state index in [0.717, 1.165) is 19.4 Å². The summed E-state index contributed by atoms with van der Waals surface area (Å²) in [6.07, 6.45) is -2.83. The highest BCUT2D eigenvalue weighted by atomic mass is 19.4. The molecule has 0 rings (SSSR count). The van der Waals surface area contributed by atoms with Gasteiger partial charge in [-0.1, -0.05) is 5.16 Å². The summed E-state index contributed by atoms with van der Waals surface area (Å²) < 4.78 is 37.6. The molecule has 0 fully saturated rings. The third-order valence-electron chi connectivity index (χ3n) is 2.42. The summed E-state index contributed by atoms with van der Waals surface area (Å²) in [6, 6.07) is 0. The van der Waals surface area contributed by atoms with Crippen molar-refractivity contribution in [3.8, 4) is 0 Å². The second-order valence-corrected chi connectivity index (χ2v) is 4.33. The highest BCUT2D eigenvalue weighted by Gasteiger charge is 2.42. The molecule has 0 aliphatic carbocycles. The molecule has 0 aromatic heterocycles. The zero-order valence-electron chi connectivity index (χ0n) is 10.7. The molecule has 0 spiro atoms. The first kappa shape index (κ1) is 17.0. The Morgan fingerprint density at radius 3 is 2.44 bits per heavy atom. The first-order valence-electron chi connectivity index (χ1n) is 5.68. The van der Waals surface area contributed by atoms with E-state index < -0.39 is 17.9 Å². The predicted molar refractivity (Wildman–Crippen MR) is 63.6 cm³/mol. The second-order valence-electron chi connectivity index (χ2n) is 4.33. The number of halogens is 3. The van der Waals surface area contributed by atoms with Crippen molar-refractivity contribution in [2.75, 3.05) is 33.7 Å². The van der Waals surface area contributed by atoms with Crippen molar-refractivity contribution in [2.24, 2.45) is 16.8 Å². The largest absolute Gasteiger partial charge is 0.409 e. The Morgan fingerprint density at radius 1 is 1.39 bits per heavy atom. The lowest BCUT2D eigenvalue weighted by atomic mass is 10.1. The van der Waals surface area contributed by atoms with Crippen LogP contribution in [-0.4, -0.2) is 55.8 Å². The van der Waals surface area contributed by atoms with Crippen LogP contribution in [0.3, 0.4) is 0 Å². The number of nitrogens with two attached hydrogens (primary N) is 1. The SMILES string of the molecule is CN(C)CCCCNCC(C(N)=NO)C(F)(F)F. The van der Waals surface area contributed by atoms with Gasteiger partial charge >= 0.3 is 6.18 Å². The Labute approximate surface area is 105 Å². The molecule has 1 unspecified atom stereocenters. The molecule has 18 heavy (non-hydrogen) atoms. The van der Waals surface area contributed by atoms with Crippen molar-refractivity contribution >= 4 is 5.84 Å². The van der Waals surface area contributed by atoms with Crippen LogP contribution >= 0.6 is 0 Å². The number of rotatable bonds is 8. The van der Waals surface area contributed by atoms with Gasteiger partial charge in [-0.05, 0) is 40.0 Å². The number of alkyl halides is 3.